The zero-order chi connectivity index (χ0) is 13.7. The molecule has 0 fully saturated rings. The number of carbonyl (C=O) groups is 1. The maximum atomic E-state index is 11.7. The second kappa shape index (κ2) is 5.92. The number of aromatic nitrogens is 2. The van der Waals surface area contributed by atoms with Crippen molar-refractivity contribution in [2.24, 2.45) is 0 Å². The molecule has 6 heteroatoms. The van der Waals surface area contributed by atoms with Crippen LogP contribution in [0.1, 0.15) is 18.6 Å². The summed E-state index contributed by atoms with van der Waals surface area (Å²) in [4.78, 5) is 11.7. The standard InChI is InChI=1S/C13H14N4O2/c1-9(18)10-4-2-5-11(8-10)15-13(19)16-12-6-3-7-14-17-12/h2-9,18H,1H3,(H2,15,16,17,19). The topological polar surface area (TPSA) is 87.1 Å². The summed E-state index contributed by atoms with van der Waals surface area (Å²) in [6, 6.07) is 9.90. The lowest BCUT2D eigenvalue weighted by molar-refractivity contribution is 0.199. The molecule has 3 N–H and O–H groups in total. The van der Waals surface area contributed by atoms with E-state index in [1.807, 2.05) is 0 Å². The summed E-state index contributed by atoms with van der Waals surface area (Å²) < 4.78 is 0. The van der Waals surface area contributed by atoms with Crippen LogP contribution in [-0.2, 0) is 0 Å². The van der Waals surface area contributed by atoms with Crippen molar-refractivity contribution in [3.63, 3.8) is 0 Å². The lowest BCUT2D eigenvalue weighted by Gasteiger charge is -2.09. The molecular weight excluding hydrogens is 244 g/mol. The van der Waals surface area contributed by atoms with Crippen LogP contribution in [0.3, 0.4) is 0 Å². The number of nitrogens with zero attached hydrogens (tertiary/aromatic N) is 2. The van der Waals surface area contributed by atoms with Crippen LogP contribution in [0.4, 0.5) is 16.3 Å². The van der Waals surface area contributed by atoms with Crippen LogP contribution in [0, 0.1) is 0 Å². The molecule has 0 aliphatic carbocycles. The van der Waals surface area contributed by atoms with E-state index >= 15 is 0 Å². The van der Waals surface area contributed by atoms with Crippen molar-refractivity contribution < 1.29 is 9.90 Å². The van der Waals surface area contributed by atoms with Crippen LogP contribution in [0.25, 0.3) is 0 Å². The highest BCUT2D eigenvalue weighted by Gasteiger charge is 2.05. The minimum absolute atomic E-state index is 0.367. The summed E-state index contributed by atoms with van der Waals surface area (Å²) in [6.45, 7) is 1.67. The van der Waals surface area contributed by atoms with Gasteiger partial charge in [-0.05, 0) is 36.8 Å². The van der Waals surface area contributed by atoms with Crippen LogP contribution in [0.15, 0.2) is 42.6 Å². The van der Waals surface area contributed by atoms with Gasteiger partial charge in [-0.1, -0.05) is 12.1 Å². The van der Waals surface area contributed by atoms with Gasteiger partial charge in [-0.3, -0.25) is 5.32 Å². The van der Waals surface area contributed by atoms with E-state index in [1.165, 1.54) is 6.20 Å². The van der Waals surface area contributed by atoms with Gasteiger partial charge in [0, 0.05) is 11.9 Å². The predicted molar refractivity (Wildman–Crippen MR) is 71.7 cm³/mol. The number of nitrogens with one attached hydrogen (secondary N) is 2. The Hall–Kier alpha value is -2.47. The number of hydrogen-bond acceptors (Lipinski definition) is 4. The Kier molecular flexibility index (Phi) is 4.04. The summed E-state index contributed by atoms with van der Waals surface area (Å²) in [5.41, 5.74) is 1.33. The Morgan fingerprint density at radius 2 is 2.11 bits per heavy atom. The number of carbonyl (C=O) groups excluding carboxylic acids is 1. The van der Waals surface area contributed by atoms with Crippen molar-refractivity contribution in [2.75, 3.05) is 10.6 Å². The fourth-order valence-corrected chi connectivity index (χ4v) is 1.52. The summed E-state index contributed by atoms with van der Waals surface area (Å²) in [7, 11) is 0. The van der Waals surface area contributed by atoms with Gasteiger partial charge in [-0.2, -0.15) is 5.10 Å². The fourth-order valence-electron chi connectivity index (χ4n) is 1.52. The maximum absolute atomic E-state index is 11.7. The quantitative estimate of drug-likeness (QED) is 0.787. The van der Waals surface area contributed by atoms with Gasteiger partial charge in [0.25, 0.3) is 0 Å². The summed E-state index contributed by atoms with van der Waals surface area (Å²) in [6.07, 6.45) is 0.944. The number of amides is 2. The molecule has 98 valence electrons. The van der Waals surface area contributed by atoms with Gasteiger partial charge in [0.05, 0.1) is 6.10 Å². The Balaban J connectivity index is 2.01. The largest absolute Gasteiger partial charge is 0.389 e. The van der Waals surface area contributed by atoms with E-state index in [9.17, 15) is 9.90 Å². The molecule has 1 aromatic heterocycles. The first-order valence-corrected chi connectivity index (χ1v) is 5.79. The van der Waals surface area contributed by atoms with Crippen molar-refractivity contribution in [3.8, 4) is 0 Å². The average Bonchev–Trinajstić information content (AvgIpc) is 2.40. The Morgan fingerprint density at radius 1 is 1.26 bits per heavy atom. The molecule has 1 aromatic carbocycles. The Morgan fingerprint density at radius 3 is 2.79 bits per heavy atom. The Bertz CT molecular complexity index is 558. The van der Waals surface area contributed by atoms with Gasteiger partial charge < -0.3 is 10.4 Å². The number of anilines is 2. The number of aliphatic hydroxyl groups excluding tert-OH is 1. The van der Waals surface area contributed by atoms with Gasteiger partial charge >= 0.3 is 6.03 Å². The molecule has 2 rings (SSSR count). The molecule has 1 heterocycles. The number of rotatable bonds is 3. The van der Waals surface area contributed by atoms with E-state index in [1.54, 1.807) is 43.3 Å². The SMILES string of the molecule is CC(O)c1cccc(NC(=O)Nc2cccnn2)c1. The Labute approximate surface area is 110 Å². The van der Waals surface area contributed by atoms with Crippen molar-refractivity contribution in [1.82, 2.24) is 10.2 Å². The van der Waals surface area contributed by atoms with Gasteiger partial charge in [0.15, 0.2) is 5.82 Å². The van der Waals surface area contributed by atoms with Gasteiger partial charge in [0.1, 0.15) is 0 Å². The molecule has 0 saturated carbocycles. The van der Waals surface area contributed by atoms with E-state index < -0.39 is 12.1 Å². The molecule has 0 radical (unpaired) electrons. The van der Waals surface area contributed by atoms with Crippen LogP contribution in [0.2, 0.25) is 0 Å². The van der Waals surface area contributed by atoms with E-state index in [2.05, 4.69) is 20.8 Å². The smallest absolute Gasteiger partial charge is 0.324 e. The third-order valence-corrected chi connectivity index (χ3v) is 2.44. The van der Waals surface area contributed by atoms with Gasteiger partial charge in [-0.15, -0.1) is 5.10 Å². The minimum Gasteiger partial charge on any atom is -0.389 e. The second-order valence-corrected chi connectivity index (χ2v) is 3.99. The van der Waals surface area contributed by atoms with Crippen molar-refractivity contribution in [1.29, 1.82) is 0 Å². The highest BCUT2D eigenvalue weighted by atomic mass is 16.3. The molecule has 2 amide bonds. The predicted octanol–water partition coefficient (Wildman–Crippen LogP) is 2.17. The molecule has 1 unspecified atom stereocenters. The highest BCUT2D eigenvalue weighted by molar-refractivity contribution is 5.99. The third-order valence-electron chi connectivity index (χ3n) is 2.44. The third kappa shape index (κ3) is 3.75. The summed E-state index contributed by atoms with van der Waals surface area (Å²) in [5, 5.41) is 22.1. The van der Waals surface area contributed by atoms with Crippen LogP contribution in [-0.4, -0.2) is 21.3 Å². The fraction of sp³-hybridized carbons (Fsp3) is 0.154. The normalized spacial score (nSPS) is 11.7. The maximum Gasteiger partial charge on any atom is 0.324 e. The van der Waals surface area contributed by atoms with Crippen molar-refractivity contribution in [2.45, 2.75) is 13.0 Å². The van der Waals surface area contributed by atoms with Crippen molar-refractivity contribution >= 4 is 17.5 Å². The first kappa shape index (κ1) is 13.0. The highest BCUT2D eigenvalue weighted by Crippen LogP contribution is 2.17. The number of hydrogen-bond donors (Lipinski definition) is 3. The van der Waals surface area contributed by atoms with E-state index in [4.69, 9.17) is 0 Å². The number of urea groups is 1. The van der Waals surface area contributed by atoms with Gasteiger partial charge in [0.2, 0.25) is 0 Å². The first-order valence-electron chi connectivity index (χ1n) is 5.79. The number of aliphatic hydroxyl groups is 1. The molecule has 0 aliphatic heterocycles. The van der Waals surface area contributed by atoms with Crippen LogP contribution >= 0.6 is 0 Å². The van der Waals surface area contributed by atoms with Crippen molar-refractivity contribution in [3.05, 3.63) is 48.2 Å². The van der Waals surface area contributed by atoms with Crippen LogP contribution < -0.4 is 10.6 Å². The van der Waals surface area contributed by atoms with E-state index in [0.717, 1.165) is 5.56 Å². The molecule has 19 heavy (non-hydrogen) atoms. The summed E-state index contributed by atoms with van der Waals surface area (Å²) >= 11 is 0. The number of benzene rings is 1. The molecule has 1 atom stereocenters. The van der Waals surface area contributed by atoms with Crippen LogP contribution in [0.5, 0.6) is 0 Å². The first-order chi connectivity index (χ1) is 9.15. The molecular formula is C13H14N4O2. The molecule has 0 saturated heterocycles. The molecule has 6 nitrogen and oxygen atoms in total. The lowest BCUT2D eigenvalue weighted by atomic mass is 10.1. The lowest BCUT2D eigenvalue weighted by Crippen LogP contribution is -2.20. The average molecular weight is 258 g/mol. The zero-order valence-corrected chi connectivity index (χ0v) is 10.4. The van der Waals surface area contributed by atoms with E-state index in [0.29, 0.717) is 11.5 Å². The second-order valence-electron chi connectivity index (χ2n) is 3.99. The van der Waals surface area contributed by atoms with E-state index in [-0.39, 0.29) is 0 Å². The van der Waals surface area contributed by atoms with Gasteiger partial charge in [-0.25, -0.2) is 4.79 Å². The molecule has 0 bridgehead atoms. The molecule has 0 spiro atoms. The summed E-state index contributed by atoms with van der Waals surface area (Å²) in [5.74, 6) is 0.367. The minimum atomic E-state index is -0.579. The molecule has 0 aliphatic rings. The monoisotopic (exact) mass is 258 g/mol. The molecule has 2 aromatic rings. The zero-order valence-electron chi connectivity index (χ0n) is 10.4.